The lowest BCUT2D eigenvalue weighted by atomic mass is 9.71. The van der Waals surface area contributed by atoms with Gasteiger partial charge in [-0.2, -0.15) is 0 Å². The maximum Gasteiger partial charge on any atom is 0.419 e. The molecule has 8 nitrogen and oxygen atoms in total. The van der Waals surface area contributed by atoms with E-state index in [-0.39, 0.29) is 17.2 Å². The van der Waals surface area contributed by atoms with Crippen LogP contribution in [0.1, 0.15) is 86.0 Å². The van der Waals surface area contributed by atoms with Gasteiger partial charge in [-0.3, -0.25) is 14.3 Å². The van der Waals surface area contributed by atoms with E-state index < -0.39 is 17.7 Å². The maximum atomic E-state index is 13.0. The van der Waals surface area contributed by atoms with Gasteiger partial charge in [-0.05, 0) is 88.8 Å². The minimum atomic E-state index is -0.639. The van der Waals surface area contributed by atoms with E-state index in [2.05, 4.69) is 4.90 Å². The van der Waals surface area contributed by atoms with Gasteiger partial charge in [0.15, 0.2) is 0 Å². The molecule has 3 aromatic rings. The summed E-state index contributed by atoms with van der Waals surface area (Å²) in [6.07, 6.45) is 5.14. The number of rotatable bonds is 4. The molecule has 1 saturated carbocycles. The molecule has 1 saturated heterocycles. The molecular weight excluding hydrogens is 508 g/mol. The summed E-state index contributed by atoms with van der Waals surface area (Å²) in [5, 5.41) is 11.9. The second kappa shape index (κ2) is 10.4. The molecule has 1 aliphatic carbocycles. The van der Waals surface area contributed by atoms with Gasteiger partial charge in [0, 0.05) is 48.1 Å². The zero-order valence-electron chi connectivity index (χ0n) is 24.0. The zero-order chi connectivity index (χ0) is 28.8. The largest absolute Gasteiger partial charge is 0.508 e. The number of methoxy groups -OCH3 is 1. The number of piperidine rings is 1. The Hall–Kier alpha value is -3.65. The number of fused-ring (bicyclic) bond motifs is 1. The number of hydrogen-bond donors (Lipinski definition) is 1. The highest BCUT2D eigenvalue weighted by molar-refractivity contribution is 5.95. The molecule has 2 fully saturated rings. The van der Waals surface area contributed by atoms with Gasteiger partial charge in [0.2, 0.25) is 0 Å². The number of carbonyl (C=O) groups excluding carboxylic acids is 3. The Balaban J connectivity index is 1.52. The van der Waals surface area contributed by atoms with Gasteiger partial charge in [-0.15, -0.1) is 0 Å². The number of Topliss-reactive ketones (excluding diaryl/α,β-unsaturated/α-hetero) is 1. The number of aryl methyl sites for hydroxylation is 1. The van der Waals surface area contributed by atoms with Crippen LogP contribution in [0, 0.1) is 12.3 Å². The van der Waals surface area contributed by atoms with E-state index in [4.69, 9.17) is 9.47 Å². The highest BCUT2D eigenvalue weighted by Gasteiger charge is 2.47. The minimum Gasteiger partial charge on any atom is -0.508 e. The summed E-state index contributed by atoms with van der Waals surface area (Å²) >= 11 is 0. The minimum absolute atomic E-state index is 0.0776. The first-order valence-corrected chi connectivity index (χ1v) is 13.9. The SMILES string of the molecule is COC(=O)c1ccc([C@@H]2CC3(CCCC3=O)CCN2Cc2c(O)cc(C)c3c2ccn3C(=O)OC(C)(C)C)cc1. The number of nitrogens with zero attached hydrogens (tertiary/aromatic N) is 2. The summed E-state index contributed by atoms with van der Waals surface area (Å²) in [6.45, 7) is 8.49. The molecule has 5 rings (SSSR count). The third-order valence-electron chi connectivity index (χ3n) is 8.47. The van der Waals surface area contributed by atoms with Crippen LogP contribution in [-0.2, 0) is 20.8 Å². The molecule has 40 heavy (non-hydrogen) atoms. The predicted molar refractivity (Wildman–Crippen MR) is 151 cm³/mol. The Morgan fingerprint density at radius 2 is 1.85 bits per heavy atom. The van der Waals surface area contributed by atoms with E-state index >= 15 is 0 Å². The number of aromatic nitrogens is 1. The summed E-state index contributed by atoms with van der Waals surface area (Å²) in [5.41, 5.74) is 2.73. The Morgan fingerprint density at radius 3 is 2.48 bits per heavy atom. The lowest BCUT2D eigenvalue weighted by molar-refractivity contribution is -0.129. The van der Waals surface area contributed by atoms with E-state index in [1.165, 1.54) is 11.7 Å². The molecule has 1 spiro atoms. The highest BCUT2D eigenvalue weighted by atomic mass is 16.6. The normalized spacial score (nSPS) is 21.7. The Morgan fingerprint density at radius 1 is 1.12 bits per heavy atom. The first-order valence-electron chi connectivity index (χ1n) is 13.9. The van der Waals surface area contributed by atoms with Crippen molar-refractivity contribution in [3.05, 3.63) is 64.8 Å². The Kier molecular flexibility index (Phi) is 7.25. The molecule has 2 atom stereocenters. The zero-order valence-corrected chi connectivity index (χ0v) is 24.0. The highest BCUT2D eigenvalue weighted by Crippen LogP contribution is 2.50. The molecule has 1 aliphatic heterocycles. The summed E-state index contributed by atoms with van der Waals surface area (Å²) in [7, 11) is 1.36. The predicted octanol–water partition coefficient (Wildman–Crippen LogP) is 6.30. The van der Waals surface area contributed by atoms with Crippen molar-refractivity contribution in [2.24, 2.45) is 5.41 Å². The van der Waals surface area contributed by atoms with Crippen molar-refractivity contribution >= 4 is 28.7 Å². The molecule has 2 aliphatic rings. The van der Waals surface area contributed by atoms with E-state index in [1.807, 2.05) is 45.9 Å². The van der Waals surface area contributed by atoms with Crippen molar-refractivity contribution in [2.45, 2.75) is 78.0 Å². The number of ketones is 1. The molecule has 2 aromatic carbocycles. The van der Waals surface area contributed by atoms with Crippen LogP contribution in [0.25, 0.3) is 10.9 Å². The first-order chi connectivity index (χ1) is 18.9. The average Bonchev–Trinajstić information content (AvgIpc) is 3.50. The average molecular weight is 547 g/mol. The molecule has 1 unspecified atom stereocenters. The van der Waals surface area contributed by atoms with Crippen LogP contribution < -0.4 is 0 Å². The molecule has 1 N–H and O–H groups in total. The molecular formula is C32H38N2O6. The van der Waals surface area contributed by atoms with Gasteiger partial charge < -0.3 is 14.6 Å². The number of likely N-dealkylation sites (tertiary alicyclic amines) is 1. The summed E-state index contributed by atoms with van der Waals surface area (Å²) in [4.78, 5) is 40.4. The summed E-state index contributed by atoms with van der Waals surface area (Å²) in [6, 6.07) is 10.9. The van der Waals surface area contributed by atoms with Crippen molar-refractivity contribution < 1.29 is 29.0 Å². The maximum absolute atomic E-state index is 13.0. The van der Waals surface area contributed by atoms with Crippen molar-refractivity contribution in [3.8, 4) is 5.75 Å². The monoisotopic (exact) mass is 546 g/mol. The standard InChI is InChI=1S/C32H38N2O6/c1-20-17-26(35)24(23-12-15-34(28(20)23)30(38)40-31(2,3)4)19-33-16-14-32(13-6-7-27(32)36)18-25(33)21-8-10-22(11-9-21)29(37)39-5/h8-12,15,17,25,35H,6-7,13-14,16,18-19H2,1-5H3/t25-,32?/m0/s1. The number of carbonyl (C=O) groups is 3. The Bertz CT molecular complexity index is 1470. The molecule has 0 amide bonds. The fraction of sp³-hybridized carbons (Fsp3) is 0.469. The topological polar surface area (TPSA) is 98.1 Å². The number of aromatic hydroxyl groups is 1. The number of phenols is 1. The van der Waals surface area contributed by atoms with Gasteiger partial charge in [0.05, 0.1) is 18.2 Å². The van der Waals surface area contributed by atoms with Crippen molar-refractivity contribution in [1.29, 1.82) is 0 Å². The first kappa shape index (κ1) is 27.9. The fourth-order valence-corrected chi connectivity index (χ4v) is 6.47. The number of hydrogen-bond acceptors (Lipinski definition) is 7. The van der Waals surface area contributed by atoms with Crippen molar-refractivity contribution in [1.82, 2.24) is 9.47 Å². The summed E-state index contributed by atoms with van der Waals surface area (Å²) < 4.78 is 12.0. The fourth-order valence-electron chi connectivity index (χ4n) is 6.47. The number of esters is 1. The third kappa shape index (κ3) is 5.12. The second-order valence-corrected chi connectivity index (χ2v) is 12.2. The summed E-state index contributed by atoms with van der Waals surface area (Å²) in [5.74, 6) is 0.123. The van der Waals surface area contributed by atoms with E-state index in [1.54, 1.807) is 24.4 Å². The number of ether oxygens (including phenoxy) is 2. The lowest BCUT2D eigenvalue weighted by Gasteiger charge is -2.44. The molecule has 0 bridgehead atoms. The van der Waals surface area contributed by atoms with Crippen LogP contribution in [0.4, 0.5) is 4.79 Å². The molecule has 8 heteroatoms. The molecule has 0 radical (unpaired) electrons. The Labute approximate surface area is 234 Å². The molecule has 2 heterocycles. The van der Waals surface area contributed by atoms with Crippen molar-refractivity contribution in [3.63, 3.8) is 0 Å². The van der Waals surface area contributed by atoms with Gasteiger partial charge in [0.1, 0.15) is 17.1 Å². The molecule has 1 aromatic heterocycles. The van der Waals surface area contributed by atoms with Gasteiger partial charge in [-0.1, -0.05) is 12.1 Å². The van der Waals surface area contributed by atoms with Crippen LogP contribution in [0.5, 0.6) is 5.75 Å². The van der Waals surface area contributed by atoms with Crippen molar-refractivity contribution in [2.75, 3.05) is 13.7 Å². The quantitative estimate of drug-likeness (QED) is 0.383. The lowest BCUT2D eigenvalue weighted by Crippen LogP contribution is -2.43. The van der Waals surface area contributed by atoms with Crippen LogP contribution >= 0.6 is 0 Å². The second-order valence-electron chi connectivity index (χ2n) is 12.2. The van der Waals surface area contributed by atoms with Crippen LogP contribution in [0.15, 0.2) is 42.6 Å². The number of phenolic OH excluding ortho intramolecular Hbond substituents is 1. The van der Waals surface area contributed by atoms with Crippen LogP contribution in [-0.4, -0.2) is 51.7 Å². The number of benzene rings is 2. The van der Waals surface area contributed by atoms with Gasteiger partial charge in [-0.25, -0.2) is 9.59 Å². The van der Waals surface area contributed by atoms with E-state index in [9.17, 15) is 19.5 Å². The molecule has 212 valence electrons. The van der Waals surface area contributed by atoms with Crippen LogP contribution in [0.3, 0.4) is 0 Å². The van der Waals surface area contributed by atoms with E-state index in [0.717, 1.165) is 41.3 Å². The van der Waals surface area contributed by atoms with Gasteiger partial charge >= 0.3 is 12.1 Å². The van der Waals surface area contributed by atoms with E-state index in [0.29, 0.717) is 42.8 Å². The van der Waals surface area contributed by atoms with Gasteiger partial charge in [0.25, 0.3) is 0 Å². The van der Waals surface area contributed by atoms with Crippen LogP contribution in [0.2, 0.25) is 0 Å². The smallest absolute Gasteiger partial charge is 0.419 e. The third-order valence-corrected chi connectivity index (χ3v) is 8.47.